The molecule has 0 aromatic heterocycles. The summed E-state index contributed by atoms with van der Waals surface area (Å²) >= 11 is 0. The van der Waals surface area contributed by atoms with Crippen molar-refractivity contribution in [3.8, 4) is 0 Å². The molecule has 2 atom stereocenters. The average Bonchev–Trinajstić information content (AvgIpc) is 2.34. The molecule has 0 aromatic rings. The molecule has 0 radical (unpaired) electrons. The van der Waals surface area contributed by atoms with E-state index in [1.165, 1.54) is 0 Å². The van der Waals surface area contributed by atoms with Crippen LogP contribution < -0.4 is 5.32 Å². The van der Waals surface area contributed by atoms with E-state index in [1.54, 1.807) is 6.92 Å². The predicted molar refractivity (Wildman–Crippen MR) is 61.4 cm³/mol. The van der Waals surface area contributed by atoms with Gasteiger partial charge >= 0.3 is 5.97 Å². The number of nitrogens with one attached hydrogen (secondary N) is 1. The van der Waals surface area contributed by atoms with E-state index in [-0.39, 0.29) is 13.1 Å². The second kappa shape index (κ2) is 8.68. The van der Waals surface area contributed by atoms with Crippen molar-refractivity contribution in [1.29, 1.82) is 0 Å². The Morgan fingerprint density at radius 2 is 1.83 bits per heavy atom. The lowest BCUT2D eigenvalue weighted by Crippen LogP contribution is -2.45. The van der Waals surface area contributed by atoms with Gasteiger partial charge in [-0.05, 0) is 17.5 Å². The van der Waals surface area contributed by atoms with Gasteiger partial charge in [-0.2, -0.15) is 0 Å². The molecule has 0 aliphatic carbocycles. The van der Waals surface area contributed by atoms with Crippen LogP contribution in [0.2, 0.25) is 0 Å². The fourth-order valence-corrected chi connectivity index (χ4v) is 1.13. The maximum Gasteiger partial charge on any atom is 0.326 e. The molecule has 98 valence electrons. The summed E-state index contributed by atoms with van der Waals surface area (Å²) in [5.41, 5.74) is 16.3. The minimum Gasteiger partial charge on any atom is -0.480 e. The number of hydrogen-bond donors (Lipinski definition) is 2. The van der Waals surface area contributed by atoms with E-state index in [0.29, 0.717) is 6.42 Å². The van der Waals surface area contributed by atoms with Gasteiger partial charge in [-0.15, -0.1) is 0 Å². The van der Waals surface area contributed by atoms with Crippen LogP contribution in [0.3, 0.4) is 0 Å². The third kappa shape index (κ3) is 5.59. The highest BCUT2D eigenvalue weighted by Gasteiger charge is 2.23. The number of amides is 1. The van der Waals surface area contributed by atoms with Gasteiger partial charge in [0.25, 0.3) is 0 Å². The Labute approximate surface area is 102 Å². The zero-order valence-corrected chi connectivity index (χ0v) is 9.72. The predicted octanol–water partition coefficient (Wildman–Crippen LogP) is 1.20. The van der Waals surface area contributed by atoms with E-state index in [4.69, 9.17) is 16.2 Å². The van der Waals surface area contributed by atoms with Gasteiger partial charge in [-0.1, -0.05) is 17.2 Å². The summed E-state index contributed by atoms with van der Waals surface area (Å²) in [4.78, 5) is 27.4. The highest BCUT2D eigenvalue weighted by atomic mass is 16.4. The third-order valence-electron chi connectivity index (χ3n) is 2.17. The molecule has 0 heterocycles. The Morgan fingerprint density at radius 1 is 1.28 bits per heavy atom. The lowest BCUT2D eigenvalue weighted by molar-refractivity contribution is -0.142. The van der Waals surface area contributed by atoms with Crippen molar-refractivity contribution in [2.75, 3.05) is 13.1 Å². The first-order valence-electron chi connectivity index (χ1n) is 5.11. The number of azide groups is 2. The molecule has 0 aromatic carbocycles. The Hall–Kier alpha value is -2.44. The number of aliphatic carboxylic acids is 1. The van der Waals surface area contributed by atoms with Crippen molar-refractivity contribution in [3.05, 3.63) is 20.9 Å². The molecule has 0 saturated carbocycles. The topological polar surface area (TPSA) is 164 Å². The summed E-state index contributed by atoms with van der Waals surface area (Å²) in [6.45, 7) is 1.28. The van der Waals surface area contributed by atoms with Crippen molar-refractivity contribution >= 4 is 11.9 Å². The molecule has 1 amide bonds. The minimum absolute atomic E-state index is 0.0489. The van der Waals surface area contributed by atoms with Crippen LogP contribution in [0, 0.1) is 5.92 Å². The normalized spacial score (nSPS) is 12.5. The number of carboxylic acid groups (broad SMARTS) is 1. The van der Waals surface area contributed by atoms with E-state index in [9.17, 15) is 9.59 Å². The van der Waals surface area contributed by atoms with Crippen LogP contribution in [0.4, 0.5) is 0 Å². The SMILES string of the molecule is CC[C@H](CN=[N+]=[N-])C(=O)N[C@@H](CN=[N+]=[N-])C(=O)O. The molecule has 0 saturated heterocycles. The van der Waals surface area contributed by atoms with Crippen LogP contribution >= 0.6 is 0 Å². The summed E-state index contributed by atoms with van der Waals surface area (Å²) < 4.78 is 0. The van der Waals surface area contributed by atoms with Crippen LogP contribution in [0.15, 0.2) is 10.2 Å². The quantitative estimate of drug-likeness (QED) is 0.378. The molecule has 0 fully saturated rings. The highest BCUT2D eigenvalue weighted by Crippen LogP contribution is 2.04. The zero-order valence-electron chi connectivity index (χ0n) is 9.72. The highest BCUT2D eigenvalue weighted by molar-refractivity contribution is 5.85. The fourth-order valence-electron chi connectivity index (χ4n) is 1.13. The van der Waals surface area contributed by atoms with Crippen molar-refractivity contribution < 1.29 is 14.7 Å². The van der Waals surface area contributed by atoms with Gasteiger partial charge in [0, 0.05) is 22.3 Å². The van der Waals surface area contributed by atoms with Crippen LogP contribution in [-0.2, 0) is 9.59 Å². The minimum atomic E-state index is -1.30. The number of carbonyl (C=O) groups is 2. The lowest BCUT2D eigenvalue weighted by atomic mass is 10.1. The molecule has 10 heteroatoms. The van der Waals surface area contributed by atoms with Crippen molar-refractivity contribution in [1.82, 2.24) is 5.32 Å². The van der Waals surface area contributed by atoms with Crippen LogP contribution in [0.25, 0.3) is 20.9 Å². The molecular weight excluding hydrogens is 242 g/mol. The van der Waals surface area contributed by atoms with E-state index >= 15 is 0 Å². The molecular formula is C8H13N7O3. The van der Waals surface area contributed by atoms with Gasteiger partial charge < -0.3 is 10.4 Å². The Kier molecular flexibility index (Phi) is 7.51. The number of hydrogen-bond acceptors (Lipinski definition) is 4. The monoisotopic (exact) mass is 255 g/mol. The lowest BCUT2D eigenvalue weighted by Gasteiger charge is -2.16. The number of rotatable bonds is 8. The molecule has 10 nitrogen and oxygen atoms in total. The van der Waals surface area contributed by atoms with E-state index in [1.807, 2.05) is 0 Å². The number of nitrogens with zero attached hydrogens (tertiary/aromatic N) is 6. The smallest absolute Gasteiger partial charge is 0.326 e. The molecule has 0 spiro atoms. The van der Waals surface area contributed by atoms with Crippen LogP contribution in [0.5, 0.6) is 0 Å². The van der Waals surface area contributed by atoms with Crippen LogP contribution in [-0.4, -0.2) is 36.1 Å². The van der Waals surface area contributed by atoms with Crippen molar-refractivity contribution in [2.45, 2.75) is 19.4 Å². The second-order valence-corrected chi connectivity index (χ2v) is 3.33. The summed E-state index contributed by atoms with van der Waals surface area (Å²) in [5, 5.41) is 17.4. The van der Waals surface area contributed by atoms with Gasteiger partial charge in [-0.3, -0.25) is 4.79 Å². The van der Waals surface area contributed by atoms with Gasteiger partial charge in [-0.25, -0.2) is 4.79 Å². The van der Waals surface area contributed by atoms with Crippen molar-refractivity contribution in [2.24, 2.45) is 16.1 Å². The first kappa shape index (κ1) is 15.6. The molecule has 0 bridgehead atoms. The molecule has 18 heavy (non-hydrogen) atoms. The Bertz CT molecular complexity index is 397. The third-order valence-corrected chi connectivity index (χ3v) is 2.17. The first-order valence-corrected chi connectivity index (χ1v) is 5.11. The first-order chi connectivity index (χ1) is 8.56. The van der Waals surface area contributed by atoms with Gasteiger partial charge in [0.05, 0.1) is 6.54 Å². The molecule has 0 rings (SSSR count). The fraction of sp³-hybridized carbons (Fsp3) is 0.750. The van der Waals surface area contributed by atoms with E-state index in [0.717, 1.165) is 0 Å². The average molecular weight is 255 g/mol. The zero-order chi connectivity index (χ0) is 14.0. The molecule has 0 aliphatic rings. The number of carboxylic acids is 1. The van der Waals surface area contributed by atoms with E-state index < -0.39 is 23.8 Å². The summed E-state index contributed by atoms with van der Waals surface area (Å²) in [6.07, 6.45) is 0.401. The molecule has 0 unspecified atom stereocenters. The standard InChI is InChI=1S/C8H13N7O3/c1-2-5(3-11-14-9)7(16)13-6(8(17)18)4-12-15-10/h5-6H,2-4H2,1H3,(H,13,16)(H,17,18)/t5-,6+/m1/s1. The molecule has 0 aliphatic heterocycles. The largest absolute Gasteiger partial charge is 0.480 e. The molecule has 2 N–H and O–H groups in total. The Balaban J connectivity index is 4.59. The summed E-state index contributed by atoms with van der Waals surface area (Å²) in [7, 11) is 0. The Morgan fingerprint density at radius 3 is 2.28 bits per heavy atom. The second-order valence-electron chi connectivity index (χ2n) is 3.33. The van der Waals surface area contributed by atoms with E-state index in [2.05, 4.69) is 25.4 Å². The maximum atomic E-state index is 11.7. The van der Waals surface area contributed by atoms with Gasteiger partial charge in [0.15, 0.2) is 0 Å². The van der Waals surface area contributed by atoms with Gasteiger partial charge in [0.2, 0.25) is 5.91 Å². The summed E-state index contributed by atoms with van der Waals surface area (Å²) in [6, 6.07) is -1.28. The number of carbonyl (C=O) groups excluding carboxylic acids is 1. The summed E-state index contributed by atoms with van der Waals surface area (Å²) in [5.74, 6) is -2.45. The maximum absolute atomic E-state index is 11.7. The van der Waals surface area contributed by atoms with Crippen LogP contribution in [0.1, 0.15) is 13.3 Å². The van der Waals surface area contributed by atoms with Gasteiger partial charge in [0.1, 0.15) is 6.04 Å². The van der Waals surface area contributed by atoms with Crippen molar-refractivity contribution in [3.63, 3.8) is 0 Å².